The smallest absolute Gasteiger partial charge is 0.216 e. The lowest BCUT2D eigenvalue weighted by Gasteiger charge is -2.04. The molecule has 3 rings (SSSR count). The fourth-order valence-corrected chi connectivity index (χ4v) is 2.75. The van der Waals surface area contributed by atoms with Crippen LogP contribution in [0.25, 0.3) is 16.2 Å². The van der Waals surface area contributed by atoms with E-state index in [2.05, 4.69) is 15.6 Å². The van der Waals surface area contributed by atoms with E-state index in [0.29, 0.717) is 6.54 Å². The van der Waals surface area contributed by atoms with Gasteiger partial charge in [-0.1, -0.05) is 12.1 Å². The van der Waals surface area contributed by atoms with Gasteiger partial charge < -0.3 is 10.5 Å². The predicted molar refractivity (Wildman–Crippen MR) is 70.7 cm³/mol. The van der Waals surface area contributed by atoms with Crippen LogP contribution in [0.4, 0.5) is 0 Å². The summed E-state index contributed by atoms with van der Waals surface area (Å²) in [7, 11) is 1.66. The highest BCUT2D eigenvalue weighted by Crippen LogP contribution is 2.28. The lowest BCUT2D eigenvalue weighted by molar-refractivity contribution is 0.415. The van der Waals surface area contributed by atoms with Gasteiger partial charge in [0.25, 0.3) is 0 Å². The maximum absolute atomic E-state index is 5.68. The van der Waals surface area contributed by atoms with Gasteiger partial charge in [-0.25, -0.2) is 0 Å². The highest BCUT2D eigenvalue weighted by atomic mass is 32.1. The average molecular weight is 260 g/mol. The second kappa shape index (κ2) is 4.40. The first-order chi connectivity index (χ1) is 8.83. The van der Waals surface area contributed by atoms with Crippen LogP contribution in [0.15, 0.2) is 29.6 Å². The van der Waals surface area contributed by atoms with Gasteiger partial charge in [-0.05, 0) is 12.1 Å². The summed E-state index contributed by atoms with van der Waals surface area (Å²) in [6.45, 7) is 0.370. The summed E-state index contributed by atoms with van der Waals surface area (Å²) in [5, 5.41) is 10.2. The standard InChI is InChI=1S/C12H12N4OS/c1-17-9-4-2-3-8(5-9)10-7-18-12-15-14-11(6-13)16(10)12/h2-5,7H,6,13H2,1H3. The van der Waals surface area contributed by atoms with E-state index in [9.17, 15) is 0 Å². The Morgan fingerprint density at radius 2 is 2.28 bits per heavy atom. The Morgan fingerprint density at radius 1 is 1.39 bits per heavy atom. The molecule has 0 radical (unpaired) electrons. The minimum atomic E-state index is 0.370. The van der Waals surface area contributed by atoms with Crippen molar-refractivity contribution in [1.29, 1.82) is 0 Å². The molecule has 0 unspecified atom stereocenters. The number of hydrogen-bond donors (Lipinski definition) is 1. The quantitative estimate of drug-likeness (QED) is 0.781. The Hall–Kier alpha value is -1.92. The Balaban J connectivity index is 2.21. The van der Waals surface area contributed by atoms with Gasteiger partial charge in [0.2, 0.25) is 4.96 Å². The van der Waals surface area contributed by atoms with Crippen molar-refractivity contribution in [3.8, 4) is 17.0 Å². The summed E-state index contributed by atoms with van der Waals surface area (Å²) in [5.74, 6) is 1.60. The van der Waals surface area contributed by atoms with Crippen LogP contribution in [0.1, 0.15) is 5.82 Å². The molecule has 6 heteroatoms. The molecule has 0 aliphatic rings. The number of ether oxygens (including phenoxy) is 1. The number of hydrogen-bond acceptors (Lipinski definition) is 5. The van der Waals surface area contributed by atoms with Gasteiger partial charge in [0.1, 0.15) is 5.75 Å². The Bertz CT molecular complexity index is 688. The summed E-state index contributed by atoms with van der Waals surface area (Å²) in [4.78, 5) is 0.855. The van der Waals surface area contributed by atoms with Gasteiger partial charge in [-0.2, -0.15) is 0 Å². The molecule has 2 N–H and O–H groups in total. The highest BCUT2D eigenvalue weighted by Gasteiger charge is 2.12. The number of aromatic nitrogens is 3. The van der Waals surface area contributed by atoms with Crippen molar-refractivity contribution in [3.05, 3.63) is 35.5 Å². The second-order valence-electron chi connectivity index (χ2n) is 3.79. The van der Waals surface area contributed by atoms with Crippen LogP contribution in [0.2, 0.25) is 0 Å². The van der Waals surface area contributed by atoms with Crippen molar-refractivity contribution in [2.24, 2.45) is 5.73 Å². The largest absolute Gasteiger partial charge is 0.497 e. The van der Waals surface area contributed by atoms with Crippen molar-refractivity contribution < 1.29 is 4.74 Å². The van der Waals surface area contributed by atoms with Gasteiger partial charge in [-0.15, -0.1) is 21.5 Å². The zero-order valence-corrected chi connectivity index (χ0v) is 10.6. The Labute approximate surface area is 108 Å². The molecule has 0 spiro atoms. The normalized spacial score (nSPS) is 11.0. The molecule has 0 saturated heterocycles. The molecule has 0 saturated carbocycles. The number of nitrogens with zero attached hydrogens (tertiary/aromatic N) is 3. The molecule has 18 heavy (non-hydrogen) atoms. The second-order valence-corrected chi connectivity index (χ2v) is 4.63. The Morgan fingerprint density at radius 3 is 3.06 bits per heavy atom. The SMILES string of the molecule is COc1cccc(-c2csc3nnc(CN)n23)c1. The van der Waals surface area contributed by atoms with Crippen molar-refractivity contribution in [2.75, 3.05) is 7.11 Å². The number of benzene rings is 1. The topological polar surface area (TPSA) is 65.4 Å². The molecule has 0 aliphatic heterocycles. The lowest BCUT2D eigenvalue weighted by atomic mass is 10.1. The zero-order chi connectivity index (χ0) is 12.5. The molecule has 2 heterocycles. The minimum Gasteiger partial charge on any atom is -0.497 e. The fourth-order valence-electron chi connectivity index (χ4n) is 1.89. The third kappa shape index (κ3) is 1.66. The monoisotopic (exact) mass is 260 g/mol. The van der Waals surface area contributed by atoms with E-state index in [1.54, 1.807) is 18.4 Å². The number of nitrogens with two attached hydrogens (primary N) is 1. The molecule has 3 aromatic rings. The van der Waals surface area contributed by atoms with E-state index >= 15 is 0 Å². The third-order valence-corrected chi connectivity index (χ3v) is 3.58. The number of fused-ring (bicyclic) bond motifs is 1. The van der Waals surface area contributed by atoms with Gasteiger partial charge in [0.15, 0.2) is 5.82 Å². The third-order valence-electron chi connectivity index (χ3n) is 2.77. The van der Waals surface area contributed by atoms with Gasteiger partial charge in [0.05, 0.1) is 19.3 Å². The van der Waals surface area contributed by atoms with Crippen LogP contribution in [-0.2, 0) is 6.54 Å². The van der Waals surface area contributed by atoms with Gasteiger partial charge in [0, 0.05) is 10.9 Å². The van der Waals surface area contributed by atoms with E-state index in [4.69, 9.17) is 10.5 Å². The lowest BCUT2D eigenvalue weighted by Crippen LogP contribution is -2.03. The van der Waals surface area contributed by atoms with Crippen LogP contribution in [0.3, 0.4) is 0 Å². The molecule has 0 amide bonds. The van der Waals surface area contributed by atoms with Gasteiger partial charge in [-0.3, -0.25) is 4.40 Å². The van der Waals surface area contributed by atoms with Crippen molar-refractivity contribution in [2.45, 2.75) is 6.54 Å². The molecule has 5 nitrogen and oxygen atoms in total. The number of methoxy groups -OCH3 is 1. The first kappa shape index (κ1) is 11.2. The molecular formula is C12H12N4OS. The van der Waals surface area contributed by atoms with Crippen molar-refractivity contribution >= 4 is 16.3 Å². The molecule has 0 bridgehead atoms. The van der Waals surface area contributed by atoms with Crippen LogP contribution in [0, 0.1) is 0 Å². The van der Waals surface area contributed by atoms with Crippen molar-refractivity contribution in [1.82, 2.24) is 14.6 Å². The van der Waals surface area contributed by atoms with E-state index in [0.717, 1.165) is 27.8 Å². The van der Waals surface area contributed by atoms with Crippen LogP contribution in [0.5, 0.6) is 5.75 Å². The van der Waals surface area contributed by atoms with Crippen LogP contribution in [-0.4, -0.2) is 21.7 Å². The summed E-state index contributed by atoms with van der Waals surface area (Å²) < 4.78 is 7.23. The van der Waals surface area contributed by atoms with Gasteiger partial charge >= 0.3 is 0 Å². The molecule has 2 aromatic heterocycles. The maximum Gasteiger partial charge on any atom is 0.216 e. The number of thiazole rings is 1. The number of rotatable bonds is 3. The van der Waals surface area contributed by atoms with E-state index < -0.39 is 0 Å². The summed E-state index contributed by atoms with van der Waals surface area (Å²) >= 11 is 1.55. The molecular weight excluding hydrogens is 248 g/mol. The van der Waals surface area contributed by atoms with Crippen molar-refractivity contribution in [3.63, 3.8) is 0 Å². The Kier molecular flexibility index (Phi) is 2.73. The minimum absolute atomic E-state index is 0.370. The summed E-state index contributed by atoms with van der Waals surface area (Å²) in [6.07, 6.45) is 0. The molecule has 0 aliphatic carbocycles. The molecule has 0 atom stereocenters. The maximum atomic E-state index is 5.68. The van der Waals surface area contributed by atoms with E-state index in [1.165, 1.54) is 0 Å². The zero-order valence-electron chi connectivity index (χ0n) is 9.83. The van der Waals surface area contributed by atoms with E-state index in [-0.39, 0.29) is 0 Å². The summed E-state index contributed by atoms with van der Waals surface area (Å²) in [6, 6.07) is 7.90. The van der Waals surface area contributed by atoms with Crippen LogP contribution < -0.4 is 10.5 Å². The molecule has 0 fully saturated rings. The van der Waals surface area contributed by atoms with Crippen LogP contribution >= 0.6 is 11.3 Å². The van der Waals surface area contributed by atoms with E-state index in [1.807, 2.05) is 28.7 Å². The fraction of sp³-hybridized carbons (Fsp3) is 0.167. The first-order valence-corrected chi connectivity index (χ1v) is 6.37. The predicted octanol–water partition coefficient (Wildman–Crippen LogP) is 1.93. The summed E-state index contributed by atoms with van der Waals surface area (Å²) in [5.41, 5.74) is 7.79. The molecule has 92 valence electrons. The molecule has 1 aromatic carbocycles. The highest BCUT2D eigenvalue weighted by molar-refractivity contribution is 7.15. The first-order valence-electron chi connectivity index (χ1n) is 5.49. The average Bonchev–Trinajstić information content (AvgIpc) is 2.99.